The summed E-state index contributed by atoms with van der Waals surface area (Å²) in [6.45, 7) is 6.43. The third kappa shape index (κ3) is 6.08. The molecule has 1 saturated heterocycles. The van der Waals surface area contributed by atoms with Crippen molar-refractivity contribution in [3.05, 3.63) is 0 Å². The molecular formula is C11H24N2O2S2. The van der Waals surface area contributed by atoms with Crippen molar-refractivity contribution in [2.45, 2.75) is 31.4 Å². The fourth-order valence-electron chi connectivity index (χ4n) is 1.79. The second kappa shape index (κ2) is 6.41. The van der Waals surface area contributed by atoms with Gasteiger partial charge in [-0.25, -0.2) is 13.1 Å². The monoisotopic (exact) mass is 280 g/mol. The molecule has 0 radical (unpaired) electrons. The fourth-order valence-corrected chi connectivity index (χ4v) is 3.70. The van der Waals surface area contributed by atoms with E-state index in [1.807, 2.05) is 20.1 Å². The first-order valence-electron chi connectivity index (χ1n) is 6.08. The van der Waals surface area contributed by atoms with Gasteiger partial charge in [-0.05, 0) is 52.0 Å². The lowest BCUT2D eigenvalue weighted by Crippen LogP contribution is -2.41. The maximum absolute atomic E-state index is 11.9. The average Bonchev–Trinajstić information content (AvgIpc) is 2.28. The molecule has 17 heavy (non-hydrogen) atoms. The predicted molar refractivity (Wildman–Crippen MR) is 75.0 cm³/mol. The van der Waals surface area contributed by atoms with Crippen molar-refractivity contribution in [1.29, 1.82) is 0 Å². The van der Waals surface area contributed by atoms with Gasteiger partial charge in [0.15, 0.2) is 0 Å². The highest BCUT2D eigenvalue weighted by Gasteiger charge is 2.24. The van der Waals surface area contributed by atoms with Crippen LogP contribution < -0.4 is 10.0 Å². The third-order valence-corrected chi connectivity index (χ3v) is 5.87. The van der Waals surface area contributed by atoms with Gasteiger partial charge in [0.1, 0.15) is 0 Å². The van der Waals surface area contributed by atoms with Gasteiger partial charge in [-0.1, -0.05) is 0 Å². The standard InChI is InChI=1S/C11H24N2O2S2/c1-11(2,16-3)9-13-17(14,15)8-10-5-4-6-12-7-10/h10,12-13H,4-9H2,1-3H3. The molecule has 6 heteroatoms. The summed E-state index contributed by atoms with van der Waals surface area (Å²) in [5, 5.41) is 3.24. The maximum atomic E-state index is 11.9. The largest absolute Gasteiger partial charge is 0.316 e. The molecule has 1 heterocycles. The van der Waals surface area contributed by atoms with Crippen LogP contribution in [0.15, 0.2) is 0 Å². The first-order valence-corrected chi connectivity index (χ1v) is 8.95. The van der Waals surface area contributed by atoms with Crippen molar-refractivity contribution in [3.8, 4) is 0 Å². The Kier molecular flexibility index (Phi) is 5.76. The van der Waals surface area contributed by atoms with Crippen LogP contribution in [0.5, 0.6) is 0 Å². The Hall–Kier alpha value is 0.220. The number of thioether (sulfide) groups is 1. The Balaban J connectivity index is 2.40. The van der Waals surface area contributed by atoms with Gasteiger partial charge in [-0.15, -0.1) is 0 Å². The SMILES string of the molecule is CSC(C)(C)CNS(=O)(=O)CC1CCCNC1. The maximum Gasteiger partial charge on any atom is 0.211 e. The van der Waals surface area contributed by atoms with Crippen molar-refractivity contribution < 1.29 is 8.42 Å². The molecule has 2 N–H and O–H groups in total. The molecule has 0 aromatic heterocycles. The van der Waals surface area contributed by atoms with E-state index < -0.39 is 10.0 Å². The first kappa shape index (κ1) is 15.3. The minimum absolute atomic E-state index is 0.0438. The van der Waals surface area contributed by atoms with Crippen LogP contribution in [-0.4, -0.2) is 44.8 Å². The van der Waals surface area contributed by atoms with Crippen LogP contribution in [0.2, 0.25) is 0 Å². The molecule has 0 bridgehead atoms. The highest BCUT2D eigenvalue weighted by molar-refractivity contribution is 8.00. The first-order chi connectivity index (χ1) is 7.85. The lowest BCUT2D eigenvalue weighted by atomic mass is 10.0. The summed E-state index contributed by atoms with van der Waals surface area (Å²) >= 11 is 1.67. The van der Waals surface area contributed by atoms with Gasteiger partial charge < -0.3 is 5.32 Å². The summed E-state index contributed by atoms with van der Waals surface area (Å²) in [5.74, 6) is 0.517. The summed E-state index contributed by atoms with van der Waals surface area (Å²) in [6, 6.07) is 0. The number of piperidine rings is 1. The average molecular weight is 280 g/mol. The molecule has 1 unspecified atom stereocenters. The van der Waals surface area contributed by atoms with E-state index in [0.29, 0.717) is 6.54 Å². The Morgan fingerprint density at radius 2 is 2.18 bits per heavy atom. The summed E-state index contributed by atoms with van der Waals surface area (Å²) in [7, 11) is -3.13. The topological polar surface area (TPSA) is 58.2 Å². The fraction of sp³-hybridized carbons (Fsp3) is 1.00. The van der Waals surface area contributed by atoms with E-state index in [-0.39, 0.29) is 16.4 Å². The summed E-state index contributed by atoms with van der Waals surface area (Å²) in [6.07, 6.45) is 4.09. The van der Waals surface area contributed by atoms with Gasteiger partial charge in [-0.2, -0.15) is 11.8 Å². The minimum Gasteiger partial charge on any atom is -0.316 e. The van der Waals surface area contributed by atoms with Gasteiger partial charge in [0.2, 0.25) is 10.0 Å². The number of hydrogen-bond acceptors (Lipinski definition) is 4. The van der Waals surface area contributed by atoms with Crippen molar-refractivity contribution in [1.82, 2.24) is 10.0 Å². The second-order valence-corrected chi connectivity index (χ2v) is 8.64. The van der Waals surface area contributed by atoms with Gasteiger partial charge >= 0.3 is 0 Å². The Morgan fingerprint density at radius 1 is 1.47 bits per heavy atom. The molecule has 0 aromatic rings. The van der Waals surface area contributed by atoms with Gasteiger partial charge in [-0.3, -0.25) is 0 Å². The molecule has 0 saturated carbocycles. The highest BCUT2D eigenvalue weighted by atomic mass is 32.2. The summed E-state index contributed by atoms with van der Waals surface area (Å²) in [4.78, 5) is 0. The smallest absolute Gasteiger partial charge is 0.211 e. The van der Waals surface area contributed by atoms with E-state index in [2.05, 4.69) is 10.0 Å². The van der Waals surface area contributed by atoms with Gasteiger partial charge in [0.25, 0.3) is 0 Å². The molecule has 0 amide bonds. The van der Waals surface area contributed by atoms with Crippen LogP contribution in [0, 0.1) is 5.92 Å². The highest BCUT2D eigenvalue weighted by Crippen LogP contribution is 2.20. The molecule has 1 aliphatic rings. The van der Waals surface area contributed by atoms with Gasteiger partial charge in [0.05, 0.1) is 5.75 Å². The normalized spacial score (nSPS) is 22.6. The predicted octanol–water partition coefficient (Wildman–Crippen LogP) is 1.05. The van der Waals surface area contributed by atoms with E-state index in [1.54, 1.807) is 11.8 Å². The van der Waals surface area contributed by atoms with Crippen LogP contribution in [-0.2, 0) is 10.0 Å². The zero-order chi connectivity index (χ0) is 12.9. The molecule has 4 nitrogen and oxygen atoms in total. The lowest BCUT2D eigenvalue weighted by molar-refractivity contribution is 0.402. The van der Waals surface area contributed by atoms with Crippen LogP contribution >= 0.6 is 11.8 Å². The van der Waals surface area contributed by atoms with E-state index in [4.69, 9.17) is 0 Å². The Labute approximate surface area is 109 Å². The second-order valence-electron chi connectivity index (χ2n) is 5.28. The summed E-state index contributed by atoms with van der Waals surface area (Å²) < 4.78 is 26.5. The molecular weight excluding hydrogens is 256 g/mol. The van der Waals surface area contributed by atoms with Crippen molar-refractivity contribution in [3.63, 3.8) is 0 Å². The molecule has 0 spiro atoms. The van der Waals surface area contributed by atoms with E-state index >= 15 is 0 Å². The number of rotatable bonds is 6. The number of nitrogens with one attached hydrogen (secondary N) is 2. The lowest BCUT2D eigenvalue weighted by Gasteiger charge is -2.25. The quantitative estimate of drug-likeness (QED) is 0.763. The van der Waals surface area contributed by atoms with Crippen molar-refractivity contribution in [2.75, 3.05) is 31.6 Å². The summed E-state index contributed by atoms with van der Waals surface area (Å²) in [5.41, 5.74) is 0. The van der Waals surface area contributed by atoms with Gasteiger partial charge in [0, 0.05) is 11.3 Å². The minimum atomic E-state index is -3.13. The molecule has 1 rings (SSSR count). The molecule has 0 aromatic carbocycles. The van der Waals surface area contributed by atoms with Crippen LogP contribution in [0.3, 0.4) is 0 Å². The van der Waals surface area contributed by atoms with Crippen molar-refractivity contribution in [2.24, 2.45) is 5.92 Å². The third-order valence-electron chi connectivity index (χ3n) is 3.12. The molecule has 0 aliphatic carbocycles. The Bertz CT molecular complexity index is 322. The zero-order valence-corrected chi connectivity index (χ0v) is 12.6. The van der Waals surface area contributed by atoms with Crippen LogP contribution in [0.25, 0.3) is 0 Å². The van der Waals surface area contributed by atoms with Crippen LogP contribution in [0.4, 0.5) is 0 Å². The van der Waals surface area contributed by atoms with Crippen LogP contribution in [0.1, 0.15) is 26.7 Å². The zero-order valence-electron chi connectivity index (χ0n) is 11.0. The molecule has 102 valence electrons. The molecule has 1 fully saturated rings. The van der Waals surface area contributed by atoms with E-state index in [9.17, 15) is 8.42 Å². The number of hydrogen-bond donors (Lipinski definition) is 2. The molecule has 1 aliphatic heterocycles. The van der Waals surface area contributed by atoms with Crippen molar-refractivity contribution >= 4 is 21.8 Å². The van der Waals surface area contributed by atoms with E-state index in [1.165, 1.54) is 0 Å². The Morgan fingerprint density at radius 3 is 2.71 bits per heavy atom. The molecule has 1 atom stereocenters. The van der Waals surface area contributed by atoms with E-state index in [0.717, 1.165) is 25.9 Å². The number of sulfonamides is 1.